The second-order valence-electron chi connectivity index (χ2n) is 6.47. The number of carbonyl (C=O) groups is 2. The summed E-state index contributed by atoms with van der Waals surface area (Å²) in [4.78, 5) is 24.0. The van der Waals surface area contributed by atoms with Gasteiger partial charge in [0.15, 0.2) is 0 Å². The maximum absolute atomic E-state index is 13.1. The first kappa shape index (κ1) is 20.7. The summed E-state index contributed by atoms with van der Waals surface area (Å²) in [5.74, 6) is -1.62. The Kier molecular flexibility index (Phi) is 6.40. The number of amides is 2. The molecule has 1 aliphatic heterocycles. The first-order valence-corrected chi connectivity index (χ1v) is 10.4. The lowest BCUT2D eigenvalue weighted by atomic mass is 10.2. The van der Waals surface area contributed by atoms with Gasteiger partial charge in [0, 0.05) is 24.7 Å². The number of nitrogens with zero attached hydrogens (tertiary/aromatic N) is 1. The second-order valence-corrected chi connectivity index (χ2v) is 8.41. The van der Waals surface area contributed by atoms with Crippen LogP contribution in [-0.2, 0) is 14.8 Å². The van der Waals surface area contributed by atoms with Crippen LogP contribution in [0.25, 0.3) is 6.08 Å². The summed E-state index contributed by atoms with van der Waals surface area (Å²) < 4.78 is 39.5. The summed E-state index contributed by atoms with van der Waals surface area (Å²) >= 11 is 0. The van der Waals surface area contributed by atoms with E-state index in [9.17, 15) is 22.4 Å². The molecule has 2 amide bonds. The highest BCUT2D eigenvalue weighted by Crippen LogP contribution is 2.21. The van der Waals surface area contributed by atoms with Crippen molar-refractivity contribution >= 4 is 27.9 Å². The fourth-order valence-electron chi connectivity index (χ4n) is 2.87. The Labute approximate surface area is 168 Å². The lowest BCUT2D eigenvalue weighted by Crippen LogP contribution is -2.40. The van der Waals surface area contributed by atoms with Gasteiger partial charge < -0.3 is 0 Å². The predicted molar refractivity (Wildman–Crippen MR) is 105 cm³/mol. The van der Waals surface area contributed by atoms with Gasteiger partial charge in [0.1, 0.15) is 5.82 Å². The van der Waals surface area contributed by atoms with E-state index in [-0.39, 0.29) is 10.5 Å². The van der Waals surface area contributed by atoms with Gasteiger partial charge in [-0.05, 0) is 60.9 Å². The molecule has 2 N–H and O–H groups in total. The van der Waals surface area contributed by atoms with Crippen LogP contribution in [0.4, 0.5) is 4.39 Å². The quantitative estimate of drug-likeness (QED) is 0.575. The number of hydrazine groups is 1. The summed E-state index contributed by atoms with van der Waals surface area (Å²) in [6.07, 6.45) is 4.24. The van der Waals surface area contributed by atoms with Crippen molar-refractivity contribution in [1.82, 2.24) is 15.2 Å². The molecule has 29 heavy (non-hydrogen) atoms. The molecule has 0 aliphatic carbocycles. The highest BCUT2D eigenvalue weighted by Gasteiger charge is 2.27. The number of rotatable bonds is 5. The van der Waals surface area contributed by atoms with Crippen LogP contribution in [0.3, 0.4) is 0 Å². The highest BCUT2D eigenvalue weighted by atomic mass is 32.2. The van der Waals surface area contributed by atoms with Crippen LogP contribution in [0, 0.1) is 5.82 Å². The minimum atomic E-state index is -3.55. The summed E-state index contributed by atoms with van der Waals surface area (Å²) in [5, 5.41) is 0. The molecule has 0 spiro atoms. The fourth-order valence-corrected chi connectivity index (χ4v) is 4.39. The van der Waals surface area contributed by atoms with Crippen molar-refractivity contribution in [3.8, 4) is 0 Å². The van der Waals surface area contributed by atoms with E-state index in [0.717, 1.165) is 18.9 Å². The topological polar surface area (TPSA) is 95.6 Å². The first-order chi connectivity index (χ1) is 13.9. The Morgan fingerprint density at radius 3 is 2.34 bits per heavy atom. The Hall–Kier alpha value is -3.04. The zero-order valence-corrected chi connectivity index (χ0v) is 16.3. The van der Waals surface area contributed by atoms with E-state index in [1.165, 1.54) is 52.8 Å². The molecule has 0 aromatic heterocycles. The standard InChI is InChI=1S/C20H20FN3O4S/c21-17-5-3-4-15(14-17)6-11-19(25)22-23-20(26)16-7-9-18(10-8-16)29(27,28)24-12-1-2-13-24/h3-11,14H,1-2,12-13H2,(H,22,25)(H,23,26)/b11-6+. The summed E-state index contributed by atoms with van der Waals surface area (Å²) in [7, 11) is -3.55. The van der Waals surface area contributed by atoms with E-state index in [0.29, 0.717) is 18.7 Å². The lowest BCUT2D eigenvalue weighted by molar-refractivity contribution is -0.117. The zero-order valence-electron chi connectivity index (χ0n) is 15.5. The van der Waals surface area contributed by atoms with Crippen LogP contribution < -0.4 is 10.9 Å². The molecule has 7 nitrogen and oxygen atoms in total. The fraction of sp³-hybridized carbons (Fsp3) is 0.200. The monoisotopic (exact) mass is 417 g/mol. The van der Waals surface area contributed by atoms with Crippen LogP contribution in [0.5, 0.6) is 0 Å². The molecule has 2 aromatic rings. The molecule has 1 aliphatic rings. The third-order valence-electron chi connectivity index (χ3n) is 4.39. The van der Waals surface area contributed by atoms with Gasteiger partial charge in [-0.1, -0.05) is 12.1 Å². The van der Waals surface area contributed by atoms with Gasteiger partial charge in [-0.15, -0.1) is 0 Å². The average molecular weight is 417 g/mol. The van der Waals surface area contributed by atoms with Gasteiger partial charge >= 0.3 is 0 Å². The van der Waals surface area contributed by atoms with Gasteiger partial charge in [-0.25, -0.2) is 12.8 Å². The van der Waals surface area contributed by atoms with E-state index < -0.39 is 27.7 Å². The number of sulfonamides is 1. The zero-order chi connectivity index (χ0) is 20.9. The molecular weight excluding hydrogens is 397 g/mol. The number of carbonyl (C=O) groups excluding carboxylic acids is 2. The van der Waals surface area contributed by atoms with Crippen molar-refractivity contribution in [3.63, 3.8) is 0 Å². The number of nitrogens with one attached hydrogen (secondary N) is 2. The summed E-state index contributed by atoms with van der Waals surface area (Å²) in [6, 6.07) is 11.2. The molecule has 2 aromatic carbocycles. The van der Waals surface area contributed by atoms with E-state index in [4.69, 9.17) is 0 Å². The van der Waals surface area contributed by atoms with Crippen molar-refractivity contribution in [3.05, 3.63) is 71.6 Å². The summed E-state index contributed by atoms with van der Waals surface area (Å²) in [6.45, 7) is 0.999. The van der Waals surface area contributed by atoms with E-state index in [1.807, 2.05) is 0 Å². The smallest absolute Gasteiger partial charge is 0.268 e. The average Bonchev–Trinajstić information content (AvgIpc) is 3.26. The van der Waals surface area contributed by atoms with Gasteiger partial charge in [0.25, 0.3) is 11.8 Å². The van der Waals surface area contributed by atoms with Gasteiger partial charge in [0.05, 0.1) is 4.90 Å². The maximum atomic E-state index is 13.1. The van der Waals surface area contributed by atoms with Crippen LogP contribution >= 0.6 is 0 Å². The van der Waals surface area contributed by atoms with Crippen molar-refractivity contribution in [1.29, 1.82) is 0 Å². The number of benzene rings is 2. The van der Waals surface area contributed by atoms with E-state index in [1.54, 1.807) is 6.07 Å². The molecule has 0 atom stereocenters. The van der Waals surface area contributed by atoms with Crippen LogP contribution in [0.2, 0.25) is 0 Å². The Balaban J connectivity index is 1.56. The minimum absolute atomic E-state index is 0.123. The summed E-state index contributed by atoms with van der Waals surface area (Å²) in [5.41, 5.74) is 5.14. The second kappa shape index (κ2) is 8.97. The molecular formula is C20H20FN3O4S. The molecule has 0 unspecified atom stereocenters. The molecule has 1 fully saturated rings. The Bertz CT molecular complexity index is 1030. The van der Waals surface area contributed by atoms with Gasteiger partial charge in [-0.3, -0.25) is 20.4 Å². The van der Waals surface area contributed by atoms with Gasteiger partial charge in [0.2, 0.25) is 10.0 Å². The molecule has 152 valence electrons. The number of hydrogen-bond donors (Lipinski definition) is 2. The van der Waals surface area contributed by atoms with Crippen LogP contribution in [-0.4, -0.2) is 37.6 Å². The Morgan fingerprint density at radius 2 is 1.69 bits per heavy atom. The molecule has 0 saturated carbocycles. The maximum Gasteiger partial charge on any atom is 0.269 e. The number of halogens is 1. The van der Waals surface area contributed by atoms with Crippen molar-refractivity contribution in [2.75, 3.05) is 13.1 Å². The van der Waals surface area contributed by atoms with E-state index >= 15 is 0 Å². The minimum Gasteiger partial charge on any atom is -0.268 e. The largest absolute Gasteiger partial charge is 0.269 e. The molecule has 0 radical (unpaired) electrons. The highest BCUT2D eigenvalue weighted by molar-refractivity contribution is 7.89. The van der Waals surface area contributed by atoms with Crippen LogP contribution in [0.1, 0.15) is 28.8 Å². The lowest BCUT2D eigenvalue weighted by Gasteiger charge is -2.15. The molecule has 9 heteroatoms. The SMILES string of the molecule is O=C(/C=C/c1cccc(F)c1)NNC(=O)c1ccc(S(=O)(=O)N2CCCC2)cc1. The molecule has 1 saturated heterocycles. The molecule has 1 heterocycles. The molecule has 0 bridgehead atoms. The van der Waals surface area contributed by atoms with Crippen LogP contribution in [0.15, 0.2) is 59.5 Å². The van der Waals surface area contributed by atoms with Crippen molar-refractivity contribution < 1.29 is 22.4 Å². The molecule has 3 rings (SSSR count). The third kappa shape index (κ3) is 5.27. The Morgan fingerprint density at radius 1 is 1.00 bits per heavy atom. The third-order valence-corrected chi connectivity index (χ3v) is 6.31. The van der Waals surface area contributed by atoms with Crippen molar-refractivity contribution in [2.45, 2.75) is 17.7 Å². The predicted octanol–water partition coefficient (Wildman–Crippen LogP) is 2.08. The normalized spacial score (nSPS) is 14.8. The number of hydrogen-bond acceptors (Lipinski definition) is 4. The van der Waals surface area contributed by atoms with Crippen molar-refractivity contribution in [2.24, 2.45) is 0 Å². The first-order valence-electron chi connectivity index (χ1n) is 9.00. The van der Waals surface area contributed by atoms with Gasteiger partial charge in [-0.2, -0.15) is 4.31 Å². The van der Waals surface area contributed by atoms with E-state index in [2.05, 4.69) is 10.9 Å².